The molecule has 0 saturated heterocycles. The van der Waals surface area contributed by atoms with Gasteiger partial charge < -0.3 is 15.6 Å². The summed E-state index contributed by atoms with van der Waals surface area (Å²) in [5, 5.41) is 11.0. The zero-order valence-electron chi connectivity index (χ0n) is 11.8. The van der Waals surface area contributed by atoms with Crippen LogP contribution in [0.4, 0.5) is 18.0 Å². The fraction of sp³-hybridized carbons (Fsp3) is 0.273. The number of furan rings is 1. The Kier molecular flexibility index (Phi) is 5.33. The van der Waals surface area contributed by atoms with Crippen LogP contribution in [0.25, 0.3) is 11.6 Å². The third kappa shape index (κ3) is 4.91. The van der Waals surface area contributed by atoms with E-state index < -0.39 is 24.7 Å². The van der Waals surface area contributed by atoms with Crippen molar-refractivity contribution in [1.82, 2.24) is 25.5 Å². The molecular weight excluding hydrogens is 353 g/mol. The minimum Gasteiger partial charge on any atom is -0.461 e. The van der Waals surface area contributed by atoms with Crippen LogP contribution in [-0.2, 0) is 4.79 Å². The molecule has 2 rings (SSSR count). The molecule has 0 aliphatic heterocycles. The molecule has 24 heavy (non-hydrogen) atoms. The van der Waals surface area contributed by atoms with Gasteiger partial charge in [-0.15, -0.1) is 10.2 Å². The highest BCUT2D eigenvalue weighted by Crippen LogP contribution is 2.21. The number of nitrogens with two attached hydrogens (primary N) is 1. The number of hydrogen-bond donors (Lipinski definition) is 3. The lowest BCUT2D eigenvalue weighted by Gasteiger charge is -2.08. The fourth-order valence-corrected chi connectivity index (χ4v) is 2.12. The first-order chi connectivity index (χ1) is 11.3. The summed E-state index contributed by atoms with van der Waals surface area (Å²) in [5.41, 5.74) is 0. The molecule has 130 valence electrons. The average molecular weight is 364 g/mol. The number of imide groups is 1. The van der Waals surface area contributed by atoms with Crippen LogP contribution in [0.1, 0.15) is 0 Å². The quantitative estimate of drug-likeness (QED) is 0.527. The second-order valence-corrected chi connectivity index (χ2v) is 5.23. The predicted octanol–water partition coefficient (Wildman–Crippen LogP) is 0.732. The summed E-state index contributed by atoms with van der Waals surface area (Å²) in [6.07, 6.45) is -3.14. The Morgan fingerprint density at radius 2 is 2.12 bits per heavy atom. The van der Waals surface area contributed by atoms with Gasteiger partial charge in [-0.05, 0) is 12.1 Å². The molecule has 0 aromatic carbocycles. The van der Waals surface area contributed by atoms with Gasteiger partial charge in [0.25, 0.3) is 0 Å². The Labute approximate surface area is 136 Å². The summed E-state index contributed by atoms with van der Waals surface area (Å²) < 4.78 is 41.9. The molecule has 0 spiro atoms. The number of rotatable bonds is 5. The Hall–Kier alpha value is -2.70. The third-order valence-electron chi connectivity index (χ3n) is 2.44. The van der Waals surface area contributed by atoms with Gasteiger partial charge in [0, 0.05) is 0 Å². The zero-order valence-corrected chi connectivity index (χ0v) is 12.6. The number of nitrogens with zero attached hydrogens (tertiary/aromatic N) is 3. The van der Waals surface area contributed by atoms with Crippen LogP contribution in [0.15, 0.2) is 28.0 Å². The number of carbonyl (C=O) groups excluding carboxylic acids is 2. The molecule has 0 radical (unpaired) electrons. The van der Waals surface area contributed by atoms with E-state index in [1.54, 1.807) is 17.4 Å². The van der Waals surface area contributed by atoms with Crippen molar-refractivity contribution in [2.75, 3.05) is 18.1 Å². The second kappa shape index (κ2) is 7.25. The lowest BCUT2D eigenvalue weighted by molar-refractivity contribution is -0.124. The maximum atomic E-state index is 11.9. The molecule has 0 atom stereocenters. The first kappa shape index (κ1) is 17.7. The van der Waals surface area contributed by atoms with Crippen LogP contribution < -0.4 is 16.5 Å². The standard InChI is InChI=1S/C11H11F3N6O3S/c12-11(13,14)5-16-9(22)17-7(21)4-24-10-19-18-8(20(10)15)6-2-1-3-23-6/h1-3H,4-5,15H2,(H2,16,17,21,22). The lowest BCUT2D eigenvalue weighted by Crippen LogP contribution is -2.44. The van der Waals surface area contributed by atoms with Crippen molar-refractivity contribution in [3.05, 3.63) is 18.4 Å². The van der Waals surface area contributed by atoms with Crippen LogP contribution in [0.5, 0.6) is 0 Å². The zero-order chi connectivity index (χ0) is 17.7. The summed E-state index contributed by atoms with van der Waals surface area (Å²) in [7, 11) is 0. The third-order valence-corrected chi connectivity index (χ3v) is 3.38. The summed E-state index contributed by atoms with van der Waals surface area (Å²) in [6, 6.07) is 1.99. The highest BCUT2D eigenvalue weighted by atomic mass is 32.2. The van der Waals surface area contributed by atoms with Gasteiger partial charge in [0.1, 0.15) is 6.54 Å². The SMILES string of the molecule is Nn1c(SCC(=O)NC(=O)NCC(F)(F)F)nnc1-c1ccco1. The van der Waals surface area contributed by atoms with E-state index in [0.717, 1.165) is 16.4 Å². The second-order valence-electron chi connectivity index (χ2n) is 4.29. The molecule has 0 bridgehead atoms. The number of thioether (sulfide) groups is 1. The molecule has 2 aromatic rings. The topological polar surface area (TPSA) is 128 Å². The summed E-state index contributed by atoms with van der Waals surface area (Å²) >= 11 is 0.847. The van der Waals surface area contributed by atoms with Crippen LogP contribution in [-0.4, -0.2) is 45.3 Å². The highest BCUT2D eigenvalue weighted by Gasteiger charge is 2.28. The van der Waals surface area contributed by atoms with Crippen LogP contribution >= 0.6 is 11.8 Å². The number of aromatic nitrogens is 3. The van der Waals surface area contributed by atoms with Crippen LogP contribution in [0.3, 0.4) is 0 Å². The van der Waals surface area contributed by atoms with E-state index in [0.29, 0.717) is 5.76 Å². The summed E-state index contributed by atoms with van der Waals surface area (Å²) in [5.74, 6) is 5.23. The number of carbonyl (C=O) groups is 2. The van der Waals surface area contributed by atoms with Crippen molar-refractivity contribution in [3.63, 3.8) is 0 Å². The molecule has 0 unspecified atom stereocenters. The average Bonchev–Trinajstić information content (AvgIpc) is 3.12. The van der Waals surface area contributed by atoms with Crippen LogP contribution in [0, 0.1) is 0 Å². The predicted molar refractivity (Wildman–Crippen MR) is 76.2 cm³/mol. The largest absolute Gasteiger partial charge is 0.461 e. The molecule has 2 aromatic heterocycles. The van der Waals surface area contributed by atoms with E-state index in [1.807, 2.05) is 0 Å². The Morgan fingerprint density at radius 1 is 1.38 bits per heavy atom. The van der Waals surface area contributed by atoms with Crippen molar-refractivity contribution >= 4 is 23.7 Å². The van der Waals surface area contributed by atoms with Crippen molar-refractivity contribution < 1.29 is 27.2 Å². The van der Waals surface area contributed by atoms with Gasteiger partial charge in [-0.1, -0.05) is 11.8 Å². The molecule has 9 nitrogen and oxygen atoms in total. The van der Waals surface area contributed by atoms with Gasteiger partial charge in [-0.25, -0.2) is 9.47 Å². The molecule has 3 amide bonds. The smallest absolute Gasteiger partial charge is 0.405 e. The van der Waals surface area contributed by atoms with Crippen molar-refractivity contribution in [2.24, 2.45) is 0 Å². The molecule has 2 heterocycles. The Balaban J connectivity index is 1.83. The van der Waals surface area contributed by atoms with E-state index in [2.05, 4.69) is 10.2 Å². The van der Waals surface area contributed by atoms with Crippen molar-refractivity contribution in [3.8, 4) is 11.6 Å². The molecule has 13 heteroatoms. The van der Waals surface area contributed by atoms with E-state index in [4.69, 9.17) is 10.3 Å². The fourth-order valence-electron chi connectivity index (χ4n) is 1.47. The lowest BCUT2D eigenvalue weighted by atomic mass is 10.4. The van der Waals surface area contributed by atoms with E-state index in [-0.39, 0.29) is 16.7 Å². The first-order valence-electron chi connectivity index (χ1n) is 6.28. The van der Waals surface area contributed by atoms with Gasteiger partial charge in [-0.3, -0.25) is 10.1 Å². The maximum Gasteiger partial charge on any atom is 0.405 e. The summed E-state index contributed by atoms with van der Waals surface area (Å²) in [6.45, 7) is -1.54. The number of halogens is 3. The van der Waals surface area contributed by atoms with Crippen LogP contribution in [0.2, 0.25) is 0 Å². The molecule has 0 aliphatic carbocycles. The van der Waals surface area contributed by atoms with Crippen molar-refractivity contribution in [2.45, 2.75) is 11.3 Å². The van der Waals surface area contributed by atoms with Gasteiger partial charge in [0.15, 0.2) is 5.76 Å². The van der Waals surface area contributed by atoms with Gasteiger partial charge in [0.2, 0.25) is 16.9 Å². The van der Waals surface area contributed by atoms with E-state index in [1.165, 1.54) is 11.6 Å². The number of nitrogen functional groups attached to an aromatic ring is 1. The number of nitrogens with one attached hydrogen (secondary N) is 2. The van der Waals surface area contributed by atoms with E-state index >= 15 is 0 Å². The molecular formula is C11H11F3N6O3S. The molecule has 0 aliphatic rings. The highest BCUT2D eigenvalue weighted by molar-refractivity contribution is 7.99. The Morgan fingerprint density at radius 3 is 2.75 bits per heavy atom. The maximum absolute atomic E-state index is 11.9. The van der Waals surface area contributed by atoms with Gasteiger partial charge in [-0.2, -0.15) is 13.2 Å². The van der Waals surface area contributed by atoms with Gasteiger partial charge >= 0.3 is 12.2 Å². The molecule has 0 fully saturated rings. The van der Waals surface area contributed by atoms with E-state index in [9.17, 15) is 22.8 Å². The Bertz CT molecular complexity index is 715. The monoisotopic (exact) mass is 364 g/mol. The normalized spacial score (nSPS) is 11.3. The van der Waals surface area contributed by atoms with Crippen molar-refractivity contribution in [1.29, 1.82) is 0 Å². The minimum absolute atomic E-state index is 0.159. The first-order valence-corrected chi connectivity index (χ1v) is 7.26. The summed E-state index contributed by atoms with van der Waals surface area (Å²) in [4.78, 5) is 22.6. The molecule has 4 N–H and O–H groups in total. The number of urea groups is 1. The van der Waals surface area contributed by atoms with Gasteiger partial charge in [0.05, 0.1) is 12.0 Å². The number of amides is 3. The number of alkyl halides is 3. The molecule has 0 saturated carbocycles. The number of hydrogen-bond acceptors (Lipinski definition) is 7. The minimum atomic E-state index is -4.56.